The van der Waals surface area contributed by atoms with Crippen molar-refractivity contribution in [3.63, 3.8) is 0 Å². The number of halogens is 3. The first-order valence-corrected chi connectivity index (χ1v) is 8.79. The molecule has 0 aromatic heterocycles. The van der Waals surface area contributed by atoms with Crippen LogP contribution in [-0.4, -0.2) is 11.7 Å². The van der Waals surface area contributed by atoms with Crippen LogP contribution in [0.3, 0.4) is 0 Å². The molecule has 0 aliphatic heterocycles. The Hall–Kier alpha value is -2.59. The van der Waals surface area contributed by atoms with Gasteiger partial charge in [0.1, 0.15) is 0 Å². The largest absolute Gasteiger partial charge is 0.329 e. The monoisotopic (exact) mass is 412 g/mol. The van der Waals surface area contributed by atoms with Crippen LogP contribution in [0.4, 0.5) is 8.78 Å². The molecular formula is C22H15BrF2O. The standard InChI is InChI=1S/C22H15BrF2O/c23-20-14-8-7-13-18(20)19(16-9-3-1-4-10-16)15-22(24,25)21(26)17-11-5-2-6-12-17/h1-15H/b19-15+. The van der Waals surface area contributed by atoms with Gasteiger partial charge < -0.3 is 0 Å². The third-order valence-electron chi connectivity index (χ3n) is 3.91. The zero-order valence-electron chi connectivity index (χ0n) is 13.7. The Balaban J connectivity index is 2.12. The maximum atomic E-state index is 14.8. The van der Waals surface area contributed by atoms with Crippen LogP contribution in [-0.2, 0) is 0 Å². The number of rotatable bonds is 5. The second-order valence-electron chi connectivity index (χ2n) is 5.72. The zero-order valence-corrected chi connectivity index (χ0v) is 15.3. The molecule has 0 atom stereocenters. The van der Waals surface area contributed by atoms with Crippen molar-refractivity contribution in [2.75, 3.05) is 0 Å². The van der Waals surface area contributed by atoms with Crippen LogP contribution >= 0.6 is 15.9 Å². The van der Waals surface area contributed by atoms with Crippen molar-refractivity contribution in [3.8, 4) is 0 Å². The molecule has 0 amide bonds. The lowest BCUT2D eigenvalue weighted by Crippen LogP contribution is -2.26. The lowest BCUT2D eigenvalue weighted by molar-refractivity contribution is 0.0384. The summed E-state index contributed by atoms with van der Waals surface area (Å²) >= 11 is 3.41. The Bertz CT molecular complexity index is 935. The van der Waals surface area contributed by atoms with Crippen molar-refractivity contribution in [1.29, 1.82) is 0 Å². The molecule has 3 aromatic carbocycles. The molecule has 0 N–H and O–H groups in total. The minimum Gasteiger partial charge on any atom is -0.287 e. The van der Waals surface area contributed by atoms with Crippen LogP contribution in [0.2, 0.25) is 0 Å². The third-order valence-corrected chi connectivity index (χ3v) is 4.60. The predicted molar refractivity (Wildman–Crippen MR) is 103 cm³/mol. The number of carbonyl (C=O) groups excluding carboxylic acids is 1. The lowest BCUT2D eigenvalue weighted by atomic mass is 9.94. The molecule has 0 bridgehead atoms. The number of benzene rings is 3. The molecule has 26 heavy (non-hydrogen) atoms. The lowest BCUT2D eigenvalue weighted by Gasteiger charge is -2.16. The van der Waals surface area contributed by atoms with Crippen molar-refractivity contribution < 1.29 is 13.6 Å². The molecule has 0 aliphatic carbocycles. The van der Waals surface area contributed by atoms with Crippen LogP contribution in [0.1, 0.15) is 21.5 Å². The molecule has 0 unspecified atom stereocenters. The maximum Gasteiger partial charge on any atom is 0.329 e. The Morgan fingerprint density at radius 1 is 0.769 bits per heavy atom. The summed E-state index contributed by atoms with van der Waals surface area (Å²) in [6.45, 7) is 0. The minimum atomic E-state index is -3.64. The number of hydrogen-bond acceptors (Lipinski definition) is 1. The van der Waals surface area contributed by atoms with Gasteiger partial charge in [0.25, 0.3) is 0 Å². The average molecular weight is 413 g/mol. The van der Waals surface area contributed by atoms with E-state index in [1.54, 1.807) is 60.7 Å². The van der Waals surface area contributed by atoms with Crippen molar-refractivity contribution >= 4 is 27.3 Å². The number of allylic oxidation sites excluding steroid dienone is 1. The SMILES string of the molecule is O=C(c1ccccc1)C(F)(F)/C=C(\c1ccccc1)c1ccccc1Br. The number of Topliss-reactive ketones (excluding diaryl/α,β-unsaturated/α-hetero) is 1. The fraction of sp³-hybridized carbons (Fsp3) is 0.0455. The minimum absolute atomic E-state index is 0.0201. The van der Waals surface area contributed by atoms with E-state index in [4.69, 9.17) is 0 Å². The molecule has 4 heteroatoms. The Morgan fingerprint density at radius 3 is 1.85 bits per heavy atom. The van der Waals surface area contributed by atoms with Gasteiger partial charge in [-0.15, -0.1) is 0 Å². The normalized spacial score (nSPS) is 12.0. The first-order valence-electron chi connectivity index (χ1n) is 8.00. The molecule has 0 saturated carbocycles. The van der Waals surface area contributed by atoms with Crippen molar-refractivity contribution in [2.45, 2.75) is 5.92 Å². The molecule has 3 aromatic rings. The summed E-state index contributed by atoms with van der Waals surface area (Å²) in [5, 5.41) is 0. The smallest absolute Gasteiger partial charge is 0.287 e. The number of carbonyl (C=O) groups is 1. The van der Waals surface area contributed by atoms with E-state index in [9.17, 15) is 13.6 Å². The molecule has 0 radical (unpaired) electrons. The van der Waals surface area contributed by atoms with E-state index >= 15 is 0 Å². The molecule has 0 spiro atoms. The van der Waals surface area contributed by atoms with Crippen molar-refractivity contribution in [1.82, 2.24) is 0 Å². The van der Waals surface area contributed by atoms with Gasteiger partial charge >= 0.3 is 5.92 Å². The summed E-state index contributed by atoms with van der Waals surface area (Å²) in [6.07, 6.45) is 0.748. The number of alkyl halides is 2. The van der Waals surface area contributed by atoms with Crippen LogP contribution < -0.4 is 0 Å². The molecular weight excluding hydrogens is 398 g/mol. The highest BCUT2D eigenvalue weighted by atomic mass is 79.9. The summed E-state index contributed by atoms with van der Waals surface area (Å²) in [7, 11) is 0. The Kier molecular flexibility index (Phi) is 5.43. The van der Waals surface area contributed by atoms with E-state index in [-0.39, 0.29) is 5.56 Å². The fourth-order valence-electron chi connectivity index (χ4n) is 2.64. The second kappa shape index (κ2) is 7.75. The van der Waals surface area contributed by atoms with Gasteiger partial charge in [-0.05, 0) is 22.8 Å². The van der Waals surface area contributed by atoms with Gasteiger partial charge in [-0.1, -0.05) is 94.8 Å². The van der Waals surface area contributed by atoms with Crippen molar-refractivity contribution in [2.24, 2.45) is 0 Å². The van der Waals surface area contributed by atoms with E-state index in [1.165, 1.54) is 12.1 Å². The van der Waals surface area contributed by atoms with Gasteiger partial charge in [-0.3, -0.25) is 4.79 Å². The summed E-state index contributed by atoms with van der Waals surface area (Å²) in [5.74, 6) is -4.86. The molecule has 0 saturated heterocycles. The quantitative estimate of drug-likeness (QED) is 0.443. The molecule has 1 nitrogen and oxygen atoms in total. The van der Waals surface area contributed by atoms with E-state index in [0.29, 0.717) is 21.2 Å². The molecule has 0 fully saturated rings. The van der Waals surface area contributed by atoms with Gasteiger partial charge in [0.05, 0.1) is 0 Å². The van der Waals surface area contributed by atoms with Crippen LogP contribution in [0.5, 0.6) is 0 Å². The number of ketones is 1. The summed E-state index contributed by atoms with van der Waals surface area (Å²) in [6, 6.07) is 23.6. The first-order chi connectivity index (χ1) is 12.5. The maximum absolute atomic E-state index is 14.8. The van der Waals surface area contributed by atoms with E-state index in [1.807, 2.05) is 12.1 Å². The third kappa shape index (κ3) is 3.97. The Labute approximate surface area is 159 Å². The molecule has 0 heterocycles. The van der Waals surface area contributed by atoms with Gasteiger partial charge in [-0.25, -0.2) is 0 Å². The molecule has 3 rings (SSSR count). The summed E-state index contributed by atoms with van der Waals surface area (Å²) in [4.78, 5) is 12.3. The predicted octanol–water partition coefficient (Wildman–Crippen LogP) is 6.40. The van der Waals surface area contributed by atoms with Crippen LogP contribution in [0.15, 0.2) is 95.5 Å². The summed E-state index contributed by atoms with van der Waals surface area (Å²) < 4.78 is 30.3. The van der Waals surface area contributed by atoms with Crippen LogP contribution in [0, 0.1) is 0 Å². The van der Waals surface area contributed by atoms with Crippen LogP contribution in [0.25, 0.3) is 5.57 Å². The highest BCUT2D eigenvalue weighted by molar-refractivity contribution is 9.10. The van der Waals surface area contributed by atoms with Crippen molar-refractivity contribution in [3.05, 3.63) is 112 Å². The highest BCUT2D eigenvalue weighted by Gasteiger charge is 2.37. The van der Waals surface area contributed by atoms with Gasteiger partial charge in [0, 0.05) is 16.1 Å². The van der Waals surface area contributed by atoms with Gasteiger partial charge in [0.15, 0.2) is 0 Å². The fourth-order valence-corrected chi connectivity index (χ4v) is 3.14. The van der Waals surface area contributed by atoms with Gasteiger partial charge in [-0.2, -0.15) is 8.78 Å². The van der Waals surface area contributed by atoms with E-state index < -0.39 is 11.7 Å². The zero-order chi connectivity index (χ0) is 18.6. The topological polar surface area (TPSA) is 17.1 Å². The van der Waals surface area contributed by atoms with Gasteiger partial charge in [0.2, 0.25) is 5.78 Å². The summed E-state index contributed by atoms with van der Waals surface area (Å²) in [5.41, 5.74) is 1.49. The molecule has 130 valence electrons. The average Bonchev–Trinajstić information content (AvgIpc) is 2.67. The first kappa shape index (κ1) is 18.2. The highest BCUT2D eigenvalue weighted by Crippen LogP contribution is 2.34. The number of hydrogen-bond donors (Lipinski definition) is 0. The van der Waals surface area contributed by atoms with E-state index in [0.717, 1.165) is 6.08 Å². The Morgan fingerprint density at radius 2 is 1.27 bits per heavy atom. The van der Waals surface area contributed by atoms with E-state index in [2.05, 4.69) is 15.9 Å². The second-order valence-corrected chi connectivity index (χ2v) is 6.58. The molecule has 0 aliphatic rings.